The van der Waals surface area contributed by atoms with Crippen molar-refractivity contribution in [2.24, 2.45) is 0 Å². The Morgan fingerprint density at radius 1 is 0.156 bits per heavy atom. The lowest BCUT2D eigenvalue weighted by atomic mass is 10.0. The van der Waals surface area contributed by atoms with Gasteiger partial charge in [-0.05, 0) is 192 Å². The van der Waals surface area contributed by atoms with E-state index in [9.17, 15) is 0 Å². The van der Waals surface area contributed by atoms with Gasteiger partial charge in [-0.1, -0.05) is 218 Å². The van der Waals surface area contributed by atoms with E-state index in [1.54, 1.807) is 0 Å². The summed E-state index contributed by atoms with van der Waals surface area (Å²) in [5, 5.41) is 20.0. The number of benzene rings is 18. The van der Waals surface area contributed by atoms with Gasteiger partial charge in [-0.15, -0.1) is 56.7 Å². The summed E-state index contributed by atoms with van der Waals surface area (Å²) in [5.41, 5.74) is 19.0. The van der Waals surface area contributed by atoms with E-state index in [1.165, 1.54) is 156 Å². The Bertz CT molecular complexity index is 8830. The third-order valence-electron chi connectivity index (χ3n) is 25.3. The zero-order valence-corrected chi connectivity index (χ0v) is 72.1. The summed E-state index contributed by atoms with van der Waals surface area (Å²) < 4.78 is 24.4. The van der Waals surface area contributed by atoms with Crippen LogP contribution in [0, 0.1) is 0 Å². The minimum Gasteiger partial charge on any atom is -0.456 e. The molecule has 0 spiro atoms. The highest BCUT2D eigenvalue weighted by Gasteiger charge is 2.24. The maximum atomic E-state index is 6.47. The molecule has 0 N–H and O–H groups in total. The van der Waals surface area contributed by atoms with E-state index in [2.05, 4.69) is 288 Å². The quantitative estimate of drug-likeness (QED) is 0.134. The highest BCUT2D eigenvalue weighted by atomic mass is 32.1. The first kappa shape index (κ1) is 72.9. The summed E-state index contributed by atoms with van der Waals surface area (Å²) in [6, 6.07) is 139. The topological polar surface area (TPSA) is 100 Å². The third kappa shape index (κ3) is 12.0. The van der Waals surface area contributed by atoms with Gasteiger partial charge in [0.25, 0.3) is 0 Å². The molecule has 9 nitrogen and oxygen atoms in total. The molecule has 28 aromatic rings. The lowest BCUT2D eigenvalue weighted by molar-refractivity contribution is 0.669. The summed E-state index contributed by atoms with van der Waals surface area (Å²) >= 11 is 9.37. The van der Waals surface area contributed by atoms with Crippen molar-refractivity contribution < 1.29 is 4.42 Å². The second-order valence-corrected chi connectivity index (χ2v) is 38.2. The first-order valence-electron chi connectivity index (χ1n) is 42.6. The molecule has 0 saturated carbocycles. The fourth-order valence-corrected chi connectivity index (χ4v) is 24.7. The van der Waals surface area contributed by atoms with Crippen molar-refractivity contribution >= 4 is 223 Å². The molecule has 0 saturated heterocycles. The van der Waals surface area contributed by atoms with Crippen LogP contribution in [-0.4, -0.2) is 39.0 Å². The summed E-state index contributed by atoms with van der Waals surface area (Å²) in [7, 11) is 0. The Hall–Kier alpha value is -15.5. The fraction of sp³-hybridized carbons (Fsp3) is 0. The van der Waals surface area contributed by atoms with Crippen molar-refractivity contribution in [3.63, 3.8) is 0 Å². The Kier molecular flexibility index (Phi) is 16.5. The summed E-state index contributed by atoms with van der Waals surface area (Å²) in [6.07, 6.45) is 0. The lowest BCUT2D eigenvalue weighted by Crippen LogP contribution is -2.00. The van der Waals surface area contributed by atoms with Gasteiger partial charge in [-0.2, -0.15) is 0 Å². The molecule has 596 valence electrons. The predicted molar refractivity (Wildman–Crippen MR) is 544 cm³/mol. The van der Waals surface area contributed by atoms with Crippen molar-refractivity contribution in [1.82, 2.24) is 39.0 Å². The smallest absolute Gasteiger partial charge is 0.164 e. The van der Waals surface area contributed by atoms with Gasteiger partial charge in [0.15, 0.2) is 34.9 Å². The monoisotopic (exact) mass is 1720 g/mol. The molecule has 0 bridgehead atoms. The largest absolute Gasteiger partial charge is 0.456 e. The van der Waals surface area contributed by atoms with Crippen molar-refractivity contribution in [1.29, 1.82) is 0 Å². The van der Waals surface area contributed by atoms with Crippen LogP contribution in [0.2, 0.25) is 0 Å². The predicted octanol–water partition coefficient (Wildman–Crippen LogP) is 33.0. The van der Waals surface area contributed by atoms with Crippen molar-refractivity contribution in [3.8, 4) is 102 Å². The zero-order valence-electron chi connectivity index (χ0n) is 68.0. The Morgan fingerprint density at radius 2 is 0.406 bits per heavy atom. The molecular weight excluding hydrogens is 1660 g/mol. The zero-order chi connectivity index (χ0) is 83.8. The van der Waals surface area contributed by atoms with Crippen LogP contribution in [0.15, 0.2) is 393 Å². The van der Waals surface area contributed by atoms with Crippen LogP contribution in [-0.2, 0) is 0 Å². The normalized spacial score (nSPS) is 12.1. The minimum absolute atomic E-state index is 0.609. The number of furan rings is 1. The number of thiophene rings is 5. The van der Waals surface area contributed by atoms with Gasteiger partial charge in [0.1, 0.15) is 11.2 Å². The molecular formula is C114H64N8OS5. The number of hydrogen-bond donors (Lipinski definition) is 0. The number of aromatic nitrogens is 8. The van der Waals surface area contributed by atoms with Crippen molar-refractivity contribution in [3.05, 3.63) is 388 Å². The van der Waals surface area contributed by atoms with E-state index in [0.29, 0.717) is 34.9 Å². The number of fused-ring (bicyclic) bond motifs is 24. The molecule has 0 amide bonds. The maximum Gasteiger partial charge on any atom is 0.164 e. The Balaban J connectivity index is 0.000000132. The Morgan fingerprint density at radius 3 is 0.828 bits per heavy atom. The molecule has 0 aliphatic rings. The number of hydrogen-bond acceptors (Lipinski definition) is 12. The summed E-state index contributed by atoms with van der Waals surface area (Å²) in [5.74, 6) is 3.85. The summed E-state index contributed by atoms with van der Waals surface area (Å²) in [6.45, 7) is 0. The van der Waals surface area contributed by atoms with Crippen molar-refractivity contribution in [2.75, 3.05) is 0 Å². The molecule has 0 unspecified atom stereocenters. The second kappa shape index (κ2) is 29.0. The highest BCUT2D eigenvalue weighted by Crippen LogP contribution is 2.49. The molecule has 10 aromatic heterocycles. The van der Waals surface area contributed by atoms with Gasteiger partial charge in [0.05, 0.1) is 22.1 Å². The van der Waals surface area contributed by atoms with Crippen LogP contribution in [0.1, 0.15) is 0 Å². The first-order chi connectivity index (χ1) is 63.3. The average Bonchev–Trinajstić information content (AvgIpc) is 1.59. The van der Waals surface area contributed by atoms with Crippen molar-refractivity contribution in [2.45, 2.75) is 0 Å². The van der Waals surface area contributed by atoms with Crippen LogP contribution in [0.4, 0.5) is 0 Å². The SMILES string of the molecule is c1ccc(-c2nc(-c3ccccc3)nc(-c3ccc4oc5ccc(-n6c7ccccc7c7cc(-c8ccc9sc%10cc%11c(cc%10c9c8)sc8ccccc8%11)ccc76)cc5c4c3)n2)cc1.c1ccc(-c2nc(-c3ccccc3)nc(-c3ccc4sc5ccc(-n6c7ccccc7c7cc(-c8ccc9sc%10cc%11c(cc%10c9c8)sc8ccccc8%11)ccc76)cc5c4c3)n2)cc1. The maximum absolute atomic E-state index is 6.47. The van der Waals surface area contributed by atoms with E-state index in [4.69, 9.17) is 34.3 Å². The number of nitrogens with zero attached hydrogens (tertiary/aromatic N) is 8. The number of rotatable bonds is 10. The van der Waals surface area contributed by atoms with Gasteiger partial charge >= 0.3 is 0 Å². The van der Waals surface area contributed by atoms with E-state index >= 15 is 0 Å². The van der Waals surface area contributed by atoms with Gasteiger partial charge in [-0.3, -0.25) is 0 Å². The highest BCUT2D eigenvalue weighted by molar-refractivity contribution is 7.28. The average molecular weight is 1720 g/mol. The lowest BCUT2D eigenvalue weighted by Gasteiger charge is -2.10. The molecule has 0 atom stereocenters. The molecule has 0 fully saturated rings. The second-order valence-electron chi connectivity index (χ2n) is 32.7. The minimum atomic E-state index is 0.609. The third-order valence-corrected chi connectivity index (χ3v) is 31.0. The van der Waals surface area contributed by atoms with Gasteiger partial charge in [-0.25, -0.2) is 29.9 Å². The molecule has 14 heteroatoms. The molecule has 0 aliphatic carbocycles. The summed E-state index contributed by atoms with van der Waals surface area (Å²) in [4.78, 5) is 30.0. The van der Waals surface area contributed by atoms with Crippen LogP contribution in [0.3, 0.4) is 0 Å². The van der Waals surface area contributed by atoms with E-state index in [-0.39, 0.29) is 0 Å². The van der Waals surface area contributed by atoms with Gasteiger partial charge < -0.3 is 13.6 Å². The van der Waals surface area contributed by atoms with Gasteiger partial charge in [0.2, 0.25) is 0 Å². The van der Waals surface area contributed by atoms with Crippen LogP contribution in [0.5, 0.6) is 0 Å². The van der Waals surface area contributed by atoms with Crippen LogP contribution >= 0.6 is 56.7 Å². The van der Waals surface area contributed by atoms with Crippen LogP contribution in [0.25, 0.3) is 268 Å². The molecule has 28 rings (SSSR count). The number of para-hydroxylation sites is 2. The van der Waals surface area contributed by atoms with E-state index < -0.39 is 0 Å². The van der Waals surface area contributed by atoms with E-state index in [1.807, 2.05) is 166 Å². The molecule has 18 aromatic carbocycles. The van der Waals surface area contributed by atoms with E-state index in [0.717, 1.165) is 77.7 Å². The first-order valence-corrected chi connectivity index (χ1v) is 46.7. The molecule has 0 aliphatic heterocycles. The molecule has 0 radical (unpaired) electrons. The van der Waals surface area contributed by atoms with Crippen LogP contribution < -0.4 is 0 Å². The standard InChI is InChI=1S/C57H32N4OS2.C57H32N4S3/c1-3-11-33(12-4-1)55-58-56(34-13-5-2-6-14-34)60-57(59-55)37-20-24-49-42(29-37)43-30-38(22-25-50(43)62-49)61-47-17-9-7-15-39(47)41-27-35(19-23-48(41)61)36-21-26-52-44(28-36)46-32-53-45(31-54(46)64-52)40-16-8-10-18-51(40)63-53;1-3-11-33(12-4-1)55-58-56(34-13-5-2-6-14-34)60-57(59-55)37-21-25-50-43(29-37)44-30-38(22-26-52(44)62-50)61-47-17-9-7-15-39(47)41-27-35(19-23-48(41)61)36-20-24-51-42(28-36)46-32-53-45(31-54(46)64-51)40-16-8-10-18-49(40)63-53/h2*1-32H. The molecule has 128 heavy (non-hydrogen) atoms. The Labute approximate surface area is 750 Å². The van der Waals surface area contributed by atoms with Gasteiger partial charge in [0, 0.05) is 178 Å². The fourth-order valence-electron chi connectivity index (χ4n) is 19.2. The molecule has 10 heterocycles.